The van der Waals surface area contributed by atoms with Crippen molar-refractivity contribution in [2.75, 3.05) is 10.5 Å². The Bertz CT molecular complexity index is 671. The number of hydrogen-bond donors (Lipinski definition) is 2. The van der Waals surface area contributed by atoms with E-state index < -0.39 is 15.8 Å². The van der Waals surface area contributed by atoms with Crippen LogP contribution in [0.3, 0.4) is 0 Å². The summed E-state index contributed by atoms with van der Waals surface area (Å²) in [7, 11) is -3.75. The summed E-state index contributed by atoms with van der Waals surface area (Å²) in [5.74, 6) is -0.511. The molecule has 2 aromatic carbocycles. The number of anilines is 2. The molecular formula is C12H11FN2O2S. The molecule has 0 fully saturated rings. The van der Waals surface area contributed by atoms with E-state index >= 15 is 0 Å². The van der Waals surface area contributed by atoms with Crippen LogP contribution in [-0.2, 0) is 10.0 Å². The van der Waals surface area contributed by atoms with Crippen LogP contribution in [0.5, 0.6) is 0 Å². The topological polar surface area (TPSA) is 72.2 Å². The van der Waals surface area contributed by atoms with Crippen LogP contribution in [0, 0.1) is 5.82 Å². The second-order valence-electron chi connectivity index (χ2n) is 3.69. The van der Waals surface area contributed by atoms with Crippen LogP contribution in [-0.4, -0.2) is 8.42 Å². The predicted octanol–water partition coefficient (Wildman–Crippen LogP) is 2.21. The van der Waals surface area contributed by atoms with Gasteiger partial charge in [-0.15, -0.1) is 0 Å². The molecule has 0 unspecified atom stereocenters. The molecule has 0 spiro atoms. The average molecular weight is 266 g/mol. The maximum atomic E-state index is 13.0. The standard InChI is InChI=1S/C12H11FN2O2S/c13-9-3-1-5-11(7-9)15-18(16,17)12-6-2-4-10(14)8-12/h1-8,15H,14H2. The second kappa shape index (κ2) is 4.66. The molecule has 18 heavy (non-hydrogen) atoms. The highest BCUT2D eigenvalue weighted by molar-refractivity contribution is 7.92. The number of halogens is 1. The fourth-order valence-electron chi connectivity index (χ4n) is 1.45. The first-order chi connectivity index (χ1) is 8.47. The zero-order valence-corrected chi connectivity index (χ0v) is 10.1. The fourth-order valence-corrected chi connectivity index (χ4v) is 2.55. The lowest BCUT2D eigenvalue weighted by atomic mass is 10.3. The highest BCUT2D eigenvalue weighted by atomic mass is 32.2. The van der Waals surface area contributed by atoms with Crippen molar-refractivity contribution in [3.05, 3.63) is 54.3 Å². The highest BCUT2D eigenvalue weighted by Gasteiger charge is 2.14. The Labute approximate surface area is 104 Å². The van der Waals surface area contributed by atoms with E-state index in [0.717, 1.165) is 6.07 Å². The first-order valence-corrected chi connectivity index (χ1v) is 6.60. The quantitative estimate of drug-likeness (QED) is 0.837. The van der Waals surface area contributed by atoms with Crippen molar-refractivity contribution in [3.63, 3.8) is 0 Å². The van der Waals surface area contributed by atoms with Crippen LogP contribution in [0.2, 0.25) is 0 Å². The zero-order valence-electron chi connectivity index (χ0n) is 9.30. The Morgan fingerprint density at radius 1 is 1.06 bits per heavy atom. The van der Waals surface area contributed by atoms with Gasteiger partial charge < -0.3 is 5.73 Å². The predicted molar refractivity (Wildman–Crippen MR) is 68.1 cm³/mol. The van der Waals surface area contributed by atoms with Crippen LogP contribution in [0.15, 0.2) is 53.4 Å². The first kappa shape index (κ1) is 12.4. The van der Waals surface area contributed by atoms with Gasteiger partial charge in [-0.05, 0) is 36.4 Å². The lowest BCUT2D eigenvalue weighted by Gasteiger charge is -2.08. The van der Waals surface area contributed by atoms with Crippen molar-refractivity contribution in [2.24, 2.45) is 0 Å². The van der Waals surface area contributed by atoms with Crippen LogP contribution in [0.25, 0.3) is 0 Å². The van der Waals surface area contributed by atoms with Gasteiger partial charge >= 0.3 is 0 Å². The molecule has 0 aliphatic carbocycles. The van der Waals surface area contributed by atoms with Gasteiger partial charge in [0.25, 0.3) is 10.0 Å². The highest BCUT2D eigenvalue weighted by Crippen LogP contribution is 2.18. The van der Waals surface area contributed by atoms with Crippen LogP contribution in [0.4, 0.5) is 15.8 Å². The minimum Gasteiger partial charge on any atom is -0.399 e. The van der Waals surface area contributed by atoms with Gasteiger partial charge in [-0.2, -0.15) is 0 Å². The fraction of sp³-hybridized carbons (Fsp3) is 0. The molecule has 0 saturated heterocycles. The third-order valence-electron chi connectivity index (χ3n) is 2.25. The molecule has 0 heterocycles. The van der Waals surface area contributed by atoms with Gasteiger partial charge in [0.1, 0.15) is 5.82 Å². The number of benzene rings is 2. The van der Waals surface area contributed by atoms with Gasteiger partial charge in [-0.1, -0.05) is 12.1 Å². The van der Waals surface area contributed by atoms with Gasteiger partial charge in [0.15, 0.2) is 0 Å². The molecule has 0 amide bonds. The summed E-state index contributed by atoms with van der Waals surface area (Å²) >= 11 is 0. The molecule has 0 aromatic heterocycles. The molecule has 0 saturated carbocycles. The molecule has 0 aliphatic rings. The summed E-state index contributed by atoms with van der Waals surface area (Å²) in [5.41, 5.74) is 6.03. The number of nitrogens with one attached hydrogen (secondary N) is 1. The largest absolute Gasteiger partial charge is 0.399 e. The van der Waals surface area contributed by atoms with E-state index in [-0.39, 0.29) is 10.6 Å². The van der Waals surface area contributed by atoms with Crippen LogP contribution in [0.1, 0.15) is 0 Å². The summed E-state index contributed by atoms with van der Waals surface area (Å²) in [5, 5.41) is 0. The number of rotatable bonds is 3. The van der Waals surface area contributed by atoms with Crippen molar-refractivity contribution >= 4 is 21.4 Å². The van der Waals surface area contributed by atoms with E-state index in [9.17, 15) is 12.8 Å². The maximum Gasteiger partial charge on any atom is 0.261 e. The number of nitrogens with two attached hydrogens (primary N) is 1. The van der Waals surface area contributed by atoms with E-state index in [0.29, 0.717) is 5.69 Å². The first-order valence-electron chi connectivity index (χ1n) is 5.11. The number of hydrogen-bond acceptors (Lipinski definition) is 3. The molecule has 0 aliphatic heterocycles. The summed E-state index contributed by atoms with van der Waals surface area (Å²) in [4.78, 5) is 0.0340. The molecule has 0 bridgehead atoms. The lowest BCUT2D eigenvalue weighted by Crippen LogP contribution is -2.13. The monoisotopic (exact) mass is 266 g/mol. The van der Waals surface area contributed by atoms with Gasteiger partial charge in [-0.25, -0.2) is 12.8 Å². The maximum absolute atomic E-state index is 13.0. The molecule has 0 atom stereocenters. The molecule has 2 rings (SSSR count). The Kier molecular flexibility index (Phi) is 3.20. The third-order valence-corrected chi connectivity index (χ3v) is 3.62. The minimum absolute atomic E-state index is 0.0340. The zero-order chi connectivity index (χ0) is 13.2. The number of nitrogen functional groups attached to an aromatic ring is 1. The lowest BCUT2D eigenvalue weighted by molar-refractivity contribution is 0.601. The number of sulfonamides is 1. The summed E-state index contributed by atoms with van der Waals surface area (Å²) < 4.78 is 39.2. The van der Waals surface area contributed by atoms with E-state index in [1.807, 2.05) is 0 Å². The van der Waals surface area contributed by atoms with E-state index in [1.165, 1.54) is 36.4 Å². The van der Waals surface area contributed by atoms with Crippen molar-refractivity contribution < 1.29 is 12.8 Å². The Morgan fingerprint density at radius 2 is 1.78 bits per heavy atom. The van der Waals surface area contributed by atoms with E-state index in [1.54, 1.807) is 6.07 Å². The van der Waals surface area contributed by atoms with E-state index in [2.05, 4.69) is 4.72 Å². The van der Waals surface area contributed by atoms with Gasteiger partial charge in [0, 0.05) is 5.69 Å². The summed E-state index contributed by atoms with van der Waals surface area (Å²) in [6.45, 7) is 0. The molecule has 4 nitrogen and oxygen atoms in total. The Balaban J connectivity index is 2.33. The molecular weight excluding hydrogens is 255 g/mol. The molecule has 6 heteroatoms. The summed E-state index contributed by atoms with van der Waals surface area (Å²) in [6, 6.07) is 11.1. The normalized spacial score (nSPS) is 11.2. The molecule has 94 valence electrons. The van der Waals surface area contributed by atoms with Crippen molar-refractivity contribution in [3.8, 4) is 0 Å². The SMILES string of the molecule is Nc1cccc(S(=O)(=O)Nc2cccc(F)c2)c1. The summed E-state index contributed by atoms with van der Waals surface area (Å²) in [6.07, 6.45) is 0. The van der Waals surface area contributed by atoms with E-state index in [4.69, 9.17) is 5.73 Å². The smallest absolute Gasteiger partial charge is 0.261 e. The Morgan fingerprint density at radius 3 is 2.44 bits per heavy atom. The van der Waals surface area contributed by atoms with Crippen molar-refractivity contribution in [1.82, 2.24) is 0 Å². The average Bonchev–Trinajstić information content (AvgIpc) is 2.28. The third kappa shape index (κ3) is 2.78. The van der Waals surface area contributed by atoms with Crippen LogP contribution < -0.4 is 10.5 Å². The van der Waals surface area contributed by atoms with Crippen molar-refractivity contribution in [1.29, 1.82) is 0 Å². The minimum atomic E-state index is -3.75. The second-order valence-corrected chi connectivity index (χ2v) is 5.37. The van der Waals surface area contributed by atoms with Gasteiger partial charge in [-0.3, -0.25) is 4.72 Å². The van der Waals surface area contributed by atoms with Crippen LogP contribution >= 0.6 is 0 Å². The Hall–Kier alpha value is -2.08. The van der Waals surface area contributed by atoms with Gasteiger partial charge in [0.2, 0.25) is 0 Å². The van der Waals surface area contributed by atoms with Gasteiger partial charge in [0.05, 0.1) is 10.6 Å². The molecule has 3 N–H and O–H groups in total. The van der Waals surface area contributed by atoms with Crippen molar-refractivity contribution in [2.45, 2.75) is 4.90 Å². The molecule has 2 aromatic rings. The molecule has 0 radical (unpaired) electrons.